The third kappa shape index (κ3) is 3.83. The lowest BCUT2D eigenvalue weighted by molar-refractivity contribution is 0.587. The van der Waals surface area contributed by atoms with Gasteiger partial charge in [-0.15, -0.1) is 0 Å². The number of H-pyrrole nitrogens is 1. The zero-order valence-corrected chi connectivity index (χ0v) is 10.7. The predicted octanol–water partition coefficient (Wildman–Crippen LogP) is 1.85. The first-order chi connectivity index (χ1) is 8.24. The molecule has 0 aliphatic rings. The Bertz CT molecular complexity index is 437. The van der Waals surface area contributed by atoms with Crippen molar-refractivity contribution in [3.05, 3.63) is 30.2 Å². The SMILES string of the molecule is CC(C)NCc1ccc(Sc2ncn[nH]2)nc1. The van der Waals surface area contributed by atoms with Crippen molar-refractivity contribution in [1.29, 1.82) is 0 Å². The maximum absolute atomic E-state index is 4.37. The Morgan fingerprint density at radius 1 is 1.35 bits per heavy atom. The topological polar surface area (TPSA) is 66.5 Å². The Balaban J connectivity index is 1.93. The number of aromatic nitrogens is 4. The molecule has 6 heteroatoms. The highest BCUT2D eigenvalue weighted by molar-refractivity contribution is 7.99. The highest BCUT2D eigenvalue weighted by atomic mass is 32.2. The molecular formula is C11H15N5S. The van der Waals surface area contributed by atoms with Gasteiger partial charge in [0.1, 0.15) is 11.4 Å². The lowest BCUT2D eigenvalue weighted by atomic mass is 10.2. The van der Waals surface area contributed by atoms with E-state index >= 15 is 0 Å². The molecule has 2 heterocycles. The first kappa shape index (κ1) is 12.1. The van der Waals surface area contributed by atoms with Crippen LogP contribution in [0.2, 0.25) is 0 Å². The Kier molecular flexibility index (Phi) is 4.11. The minimum atomic E-state index is 0.484. The molecule has 2 rings (SSSR count). The van der Waals surface area contributed by atoms with Gasteiger partial charge < -0.3 is 5.32 Å². The average molecular weight is 249 g/mol. The van der Waals surface area contributed by atoms with Crippen LogP contribution in [0.1, 0.15) is 19.4 Å². The van der Waals surface area contributed by atoms with Crippen molar-refractivity contribution in [2.24, 2.45) is 0 Å². The minimum Gasteiger partial charge on any atom is -0.310 e. The second kappa shape index (κ2) is 5.79. The maximum atomic E-state index is 4.37. The Labute approximate surface area is 104 Å². The number of rotatable bonds is 5. The van der Waals surface area contributed by atoms with Crippen LogP contribution in [-0.2, 0) is 6.54 Å². The molecule has 0 aliphatic heterocycles. The van der Waals surface area contributed by atoms with E-state index in [9.17, 15) is 0 Å². The zero-order chi connectivity index (χ0) is 12.1. The summed E-state index contributed by atoms with van der Waals surface area (Å²) in [7, 11) is 0. The van der Waals surface area contributed by atoms with Gasteiger partial charge in [-0.1, -0.05) is 19.9 Å². The van der Waals surface area contributed by atoms with Crippen molar-refractivity contribution < 1.29 is 0 Å². The molecule has 0 spiro atoms. The second-order valence-electron chi connectivity index (χ2n) is 3.93. The molecule has 0 aliphatic carbocycles. The second-order valence-corrected chi connectivity index (χ2v) is 4.94. The molecular weight excluding hydrogens is 234 g/mol. The molecule has 2 aromatic heterocycles. The fourth-order valence-corrected chi connectivity index (χ4v) is 1.88. The van der Waals surface area contributed by atoms with Crippen LogP contribution in [0, 0.1) is 0 Å². The summed E-state index contributed by atoms with van der Waals surface area (Å²) in [6.45, 7) is 5.10. The first-order valence-corrected chi connectivity index (χ1v) is 6.27. The summed E-state index contributed by atoms with van der Waals surface area (Å²) in [6.07, 6.45) is 3.37. The predicted molar refractivity (Wildman–Crippen MR) is 66.7 cm³/mol. The van der Waals surface area contributed by atoms with Crippen molar-refractivity contribution in [2.75, 3.05) is 0 Å². The summed E-state index contributed by atoms with van der Waals surface area (Å²) in [5.74, 6) is 0. The van der Waals surface area contributed by atoms with Gasteiger partial charge in [0.05, 0.1) is 0 Å². The van der Waals surface area contributed by atoms with E-state index in [-0.39, 0.29) is 0 Å². The highest BCUT2D eigenvalue weighted by Crippen LogP contribution is 2.21. The van der Waals surface area contributed by atoms with Crippen LogP contribution in [0.4, 0.5) is 0 Å². The van der Waals surface area contributed by atoms with Crippen molar-refractivity contribution in [2.45, 2.75) is 36.6 Å². The molecule has 0 saturated heterocycles. The molecule has 0 atom stereocenters. The van der Waals surface area contributed by atoms with Crippen LogP contribution in [0.3, 0.4) is 0 Å². The van der Waals surface area contributed by atoms with Crippen LogP contribution >= 0.6 is 11.8 Å². The molecule has 0 amide bonds. The van der Waals surface area contributed by atoms with Crippen LogP contribution < -0.4 is 5.32 Å². The van der Waals surface area contributed by atoms with Crippen LogP contribution in [-0.4, -0.2) is 26.2 Å². The third-order valence-electron chi connectivity index (χ3n) is 2.11. The van der Waals surface area contributed by atoms with Gasteiger partial charge in [-0.3, -0.25) is 5.10 Å². The zero-order valence-electron chi connectivity index (χ0n) is 9.84. The number of aromatic amines is 1. The minimum absolute atomic E-state index is 0.484. The number of nitrogens with zero attached hydrogens (tertiary/aromatic N) is 3. The third-order valence-corrected chi connectivity index (χ3v) is 2.95. The van der Waals surface area contributed by atoms with Gasteiger partial charge >= 0.3 is 0 Å². The van der Waals surface area contributed by atoms with E-state index in [4.69, 9.17) is 0 Å². The molecule has 0 saturated carbocycles. The molecule has 2 aromatic rings. The number of pyridine rings is 1. The van der Waals surface area contributed by atoms with Gasteiger partial charge in [-0.2, -0.15) is 5.10 Å². The first-order valence-electron chi connectivity index (χ1n) is 5.45. The molecule has 2 N–H and O–H groups in total. The van der Waals surface area contributed by atoms with Crippen molar-refractivity contribution in [3.63, 3.8) is 0 Å². The van der Waals surface area contributed by atoms with E-state index in [1.54, 1.807) is 0 Å². The summed E-state index contributed by atoms with van der Waals surface area (Å²) >= 11 is 1.47. The molecule has 0 fully saturated rings. The average Bonchev–Trinajstić information content (AvgIpc) is 2.81. The van der Waals surface area contributed by atoms with E-state index in [0.29, 0.717) is 6.04 Å². The van der Waals surface area contributed by atoms with Gasteiger partial charge in [-0.05, 0) is 23.4 Å². The van der Waals surface area contributed by atoms with Crippen LogP contribution in [0.5, 0.6) is 0 Å². The Morgan fingerprint density at radius 3 is 2.82 bits per heavy atom. The van der Waals surface area contributed by atoms with Crippen molar-refractivity contribution in [1.82, 2.24) is 25.5 Å². The van der Waals surface area contributed by atoms with E-state index in [1.807, 2.05) is 12.3 Å². The lowest BCUT2D eigenvalue weighted by Crippen LogP contribution is -2.21. The molecule has 0 bridgehead atoms. The van der Waals surface area contributed by atoms with E-state index < -0.39 is 0 Å². The van der Waals surface area contributed by atoms with Gasteiger partial charge in [0.15, 0.2) is 5.16 Å². The number of nitrogens with one attached hydrogen (secondary N) is 2. The Hall–Kier alpha value is -1.40. The van der Waals surface area contributed by atoms with Gasteiger partial charge in [-0.25, -0.2) is 9.97 Å². The van der Waals surface area contributed by atoms with Gasteiger partial charge in [0.2, 0.25) is 0 Å². The van der Waals surface area contributed by atoms with Gasteiger partial charge in [0.25, 0.3) is 0 Å². The van der Waals surface area contributed by atoms with Gasteiger partial charge in [0, 0.05) is 18.8 Å². The standard InChI is InChI=1S/C11H15N5S/c1-8(2)12-5-9-3-4-10(13-6-9)17-11-14-7-15-16-11/h3-4,6-8,12H,5H2,1-2H3,(H,14,15,16). The van der Waals surface area contributed by atoms with Crippen LogP contribution in [0.15, 0.2) is 34.8 Å². The highest BCUT2D eigenvalue weighted by Gasteiger charge is 2.01. The Morgan fingerprint density at radius 2 is 2.24 bits per heavy atom. The summed E-state index contributed by atoms with van der Waals surface area (Å²) < 4.78 is 0. The summed E-state index contributed by atoms with van der Waals surface area (Å²) in [5, 5.41) is 11.6. The smallest absolute Gasteiger partial charge is 0.189 e. The van der Waals surface area contributed by atoms with Crippen molar-refractivity contribution >= 4 is 11.8 Å². The fourth-order valence-electron chi connectivity index (χ4n) is 1.24. The largest absolute Gasteiger partial charge is 0.310 e. The quantitative estimate of drug-likeness (QED) is 0.846. The van der Waals surface area contributed by atoms with E-state index in [0.717, 1.165) is 16.7 Å². The molecule has 5 nitrogen and oxygen atoms in total. The molecule has 90 valence electrons. The maximum Gasteiger partial charge on any atom is 0.189 e. The summed E-state index contributed by atoms with van der Waals surface area (Å²) in [6, 6.07) is 4.55. The molecule has 0 radical (unpaired) electrons. The number of hydrogen-bond donors (Lipinski definition) is 2. The molecule has 17 heavy (non-hydrogen) atoms. The molecule has 0 unspecified atom stereocenters. The van der Waals surface area contributed by atoms with E-state index in [2.05, 4.69) is 45.4 Å². The number of hydrogen-bond acceptors (Lipinski definition) is 5. The van der Waals surface area contributed by atoms with Crippen molar-refractivity contribution in [3.8, 4) is 0 Å². The monoisotopic (exact) mass is 249 g/mol. The van der Waals surface area contributed by atoms with Crippen LogP contribution in [0.25, 0.3) is 0 Å². The normalized spacial score (nSPS) is 11.0. The van der Waals surface area contributed by atoms with E-state index in [1.165, 1.54) is 23.7 Å². The summed E-state index contributed by atoms with van der Waals surface area (Å²) in [4.78, 5) is 8.40. The lowest BCUT2D eigenvalue weighted by Gasteiger charge is -2.07. The fraction of sp³-hybridized carbons (Fsp3) is 0.364. The summed E-state index contributed by atoms with van der Waals surface area (Å²) in [5.41, 5.74) is 1.18. The molecule has 0 aromatic carbocycles.